The van der Waals surface area contributed by atoms with Crippen molar-refractivity contribution in [1.29, 1.82) is 0 Å². The van der Waals surface area contributed by atoms with Gasteiger partial charge >= 0.3 is 0 Å². The van der Waals surface area contributed by atoms with Crippen molar-refractivity contribution in [2.75, 3.05) is 33.8 Å². The first-order valence-electron chi connectivity index (χ1n) is 7.05. The zero-order valence-electron chi connectivity index (χ0n) is 12.5. The summed E-state index contributed by atoms with van der Waals surface area (Å²) in [6.45, 7) is 5.28. The Morgan fingerprint density at radius 2 is 2.20 bits per heavy atom. The van der Waals surface area contributed by atoms with Gasteiger partial charge in [-0.1, -0.05) is 18.2 Å². The van der Waals surface area contributed by atoms with Crippen LogP contribution >= 0.6 is 0 Å². The van der Waals surface area contributed by atoms with Gasteiger partial charge in [-0.2, -0.15) is 0 Å². The van der Waals surface area contributed by atoms with Crippen molar-refractivity contribution in [1.82, 2.24) is 15.5 Å². The van der Waals surface area contributed by atoms with E-state index in [9.17, 15) is 0 Å². The highest BCUT2D eigenvalue weighted by atomic mass is 16.5. The van der Waals surface area contributed by atoms with Gasteiger partial charge in [0.25, 0.3) is 0 Å². The molecule has 1 heterocycles. The Kier molecular flexibility index (Phi) is 5.24. The number of nitrogens with one attached hydrogen (secondary N) is 2. The highest BCUT2D eigenvalue weighted by molar-refractivity contribution is 5.81. The van der Waals surface area contributed by atoms with Gasteiger partial charge in [-0.25, -0.2) is 0 Å². The van der Waals surface area contributed by atoms with E-state index in [0.29, 0.717) is 12.6 Å². The predicted molar refractivity (Wildman–Crippen MR) is 82.2 cm³/mol. The number of guanidine groups is 1. The number of ether oxygens (including phenoxy) is 1. The lowest BCUT2D eigenvalue weighted by Gasteiger charge is -2.15. The van der Waals surface area contributed by atoms with Crippen LogP contribution in [0.1, 0.15) is 12.5 Å². The van der Waals surface area contributed by atoms with Gasteiger partial charge in [0.2, 0.25) is 0 Å². The lowest BCUT2D eigenvalue weighted by atomic mass is 10.2. The first-order valence-corrected chi connectivity index (χ1v) is 7.05. The fourth-order valence-electron chi connectivity index (χ4n) is 1.97. The van der Waals surface area contributed by atoms with Gasteiger partial charge in [0, 0.05) is 24.7 Å². The zero-order valence-corrected chi connectivity index (χ0v) is 12.5. The summed E-state index contributed by atoms with van der Waals surface area (Å²) >= 11 is 0. The second-order valence-corrected chi connectivity index (χ2v) is 5.35. The van der Waals surface area contributed by atoms with Crippen molar-refractivity contribution < 1.29 is 4.74 Å². The molecule has 20 heavy (non-hydrogen) atoms. The van der Waals surface area contributed by atoms with Crippen LogP contribution in [0.3, 0.4) is 0 Å². The maximum Gasteiger partial charge on any atom is 0.191 e. The Morgan fingerprint density at radius 3 is 2.90 bits per heavy atom. The Morgan fingerprint density at radius 1 is 1.40 bits per heavy atom. The van der Waals surface area contributed by atoms with Crippen LogP contribution in [0.5, 0.6) is 5.75 Å². The van der Waals surface area contributed by atoms with E-state index in [1.165, 1.54) is 0 Å². The first kappa shape index (κ1) is 14.7. The van der Waals surface area contributed by atoms with E-state index in [2.05, 4.69) is 33.5 Å². The largest absolute Gasteiger partial charge is 0.492 e. The summed E-state index contributed by atoms with van der Waals surface area (Å²) in [5.41, 5.74) is 1.15. The van der Waals surface area contributed by atoms with E-state index in [1.807, 2.05) is 32.3 Å². The van der Waals surface area contributed by atoms with E-state index < -0.39 is 0 Å². The molecule has 2 rings (SSSR count). The minimum absolute atomic E-state index is 0.420. The Bertz CT molecular complexity index is 459. The topological polar surface area (TPSA) is 48.9 Å². The third-order valence-electron chi connectivity index (χ3n) is 3.12. The lowest BCUT2D eigenvalue weighted by Crippen LogP contribution is -2.37. The molecule has 1 aliphatic heterocycles. The third-order valence-corrected chi connectivity index (χ3v) is 3.12. The smallest absolute Gasteiger partial charge is 0.191 e. The summed E-state index contributed by atoms with van der Waals surface area (Å²) in [5.74, 6) is 1.81. The van der Waals surface area contributed by atoms with Crippen molar-refractivity contribution >= 4 is 5.96 Å². The molecule has 110 valence electrons. The van der Waals surface area contributed by atoms with Gasteiger partial charge in [0.1, 0.15) is 12.4 Å². The molecule has 0 aliphatic carbocycles. The Labute approximate surface area is 121 Å². The first-order chi connectivity index (χ1) is 9.65. The highest BCUT2D eigenvalue weighted by Gasteiger charge is 2.12. The minimum atomic E-state index is 0.420. The lowest BCUT2D eigenvalue weighted by molar-refractivity contribution is 0.259. The molecule has 0 bridgehead atoms. The van der Waals surface area contributed by atoms with Gasteiger partial charge in [0.05, 0.1) is 6.54 Å². The number of hydrogen-bond donors (Lipinski definition) is 2. The number of likely N-dealkylation sites (N-methyl/N-ethyl adjacent to an activating group) is 1. The molecule has 0 saturated carbocycles. The molecular formula is C15H24N4O. The molecule has 0 fully saturated rings. The van der Waals surface area contributed by atoms with Crippen LogP contribution in [-0.4, -0.2) is 50.7 Å². The average Bonchev–Trinajstić information content (AvgIpc) is 2.83. The van der Waals surface area contributed by atoms with E-state index in [1.54, 1.807) is 0 Å². The van der Waals surface area contributed by atoms with Gasteiger partial charge in [-0.15, -0.1) is 0 Å². The van der Waals surface area contributed by atoms with Gasteiger partial charge in [-0.05, 0) is 27.1 Å². The SMILES string of the molecule is CC1CN=C(NCc2ccccc2OCCN(C)C)N1. The second kappa shape index (κ2) is 7.14. The normalized spacial score (nSPS) is 17.8. The summed E-state index contributed by atoms with van der Waals surface area (Å²) in [7, 11) is 4.09. The van der Waals surface area contributed by atoms with Crippen molar-refractivity contribution in [2.24, 2.45) is 4.99 Å². The van der Waals surface area contributed by atoms with E-state index in [0.717, 1.165) is 36.9 Å². The number of aliphatic imine (C=N–C) groups is 1. The molecule has 0 amide bonds. The molecule has 2 N–H and O–H groups in total. The van der Waals surface area contributed by atoms with Gasteiger partial charge in [-0.3, -0.25) is 4.99 Å². The van der Waals surface area contributed by atoms with Crippen LogP contribution in [0.15, 0.2) is 29.3 Å². The number of nitrogens with zero attached hydrogens (tertiary/aromatic N) is 2. The van der Waals surface area contributed by atoms with Crippen LogP contribution in [0.2, 0.25) is 0 Å². The molecule has 1 atom stereocenters. The van der Waals surface area contributed by atoms with Crippen LogP contribution in [-0.2, 0) is 6.54 Å². The van der Waals surface area contributed by atoms with Crippen molar-refractivity contribution in [2.45, 2.75) is 19.5 Å². The monoisotopic (exact) mass is 276 g/mol. The summed E-state index contributed by atoms with van der Waals surface area (Å²) in [5, 5.41) is 6.61. The fourth-order valence-corrected chi connectivity index (χ4v) is 1.97. The van der Waals surface area contributed by atoms with Crippen LogP contribution in [0.4, 0.5) is 0 Å². The third kappa shape index (κ3) is 4.42. The molecule has 1 aliphatic rings. The number of para-hydroxylation sites is 1. The maximum atomic E-state index is 5.84. The Balaban J connectivity index is 1.87. The van der Waals surface area contributed by atoms with E-state index in [4.69, 9.17) is 4.74 Å². The quantitative estimate of drug-likeness (QED) is 0.816. The molecule has 0 spiro atoms. The summed E-state index contributed by atoms with van der Waals surface area (Å²) in [6.07, 6.45) is 0. The zero-order chi connectivity index (χ0) is 14.4. The number of hydrogen-bond acceptors (Lipinski definition) is 5. The molecule has 0 aromatic heterocycles. The van der Waals surface area contributed by atoms with Gasteiger partial charge < -0.3 is 20.3 Å². The molecule has 1 aromatic rings. The molecule has 0 radical (unpaired) electrons. The van der Waals surface area contributed by atoms with Crippen LogP contribution in [0, 0.1) is 0 Å². The minimum Gasteiger partial charge on any atom is -0.492 e. The Hall–Kier alpha value is -1.75. The molecule has 1 unspecified atom stereocenters. The number of benzene rings is 1. The summed E-state index contributed by atoms with van der Waals surface area (Å²) < 4.78 is 5.84. The van der Waals surface area contributed by atoms with Crippen LogP contribution < -0.4 is 15.4 Å². The highest BCUT2D eigenvalue weighted by Crippen LogP contribution is 2.17. The molecule has 5 heteroatoms. The summed E-state index contributed by atoms with van der Waals surface area (Å²) in [6, 6.07) is 8.55. The molecular weight excluding hydrogens is 252 g/mol. The molecule has 1 aromatic carbocycles. The maximum absolute atomic E-state index is 5.84. The fraction of sp³-hybridized carbons (Fsp3) is 0.533. The molecule has 0 saturated heterocycles. The average molecular weight is 276 g/mol. The standard InChI is InChI=1S/C15H24N4O/c1-12-10-16-15(18-12)17-11-13-6-4-5-7-14(13)20-9-8-19(2)3/h4-7,12H,8-11H2,1-3H3,(H2,16,17,18). The van der Waals surface area contributed by atoms with E-state index in [-0.39, 0.29) is 0 Å². The van der Waals surface area contributed by atoms with Crippen molar-refractivity contribution in [3.63, 3.8) is 0 Å². The van der Waals surface area contributed by atoms with Crippen molar-refractivity contribution in [3.05, 3.63) is 29.8 Å². The molecule has 5 nitrogen and oxygen atoms in total. The van der Waals surface area contributed by atoms with Crippen molar-refractivity contribution in [3.8, 4) is 5.75 Å². The second-order valence-electron chi connectivity index (χ2n) is 5.35. The van der Waals surface area contributed by atoms with E-state index >= 15 is 0 Å². The summed E-state index contributed by atoms with van der Waals surface area (Å²) in [4.78, 5) is 6.50. The predicted octanol–water partition coefficient (Wildman–Crippen LogP) is 1.06. The van der Waals surface area contributed by atoms with Gasteiger partial charge in [0.15, 0.2) is 5.96 Å². The van der Waals surface area contributed by atoms with Crippen LogP contribution in [0.25, 0.3) is 0 Å². The number of rotatable bonds is 6.